The van der Waals surface area contributed by atoms with E-state index in [0.29, 0.717) is 6.04 Å². The summed E-state index contributed by atoms with van der Waals surface area (Å²) < 4.78 is 5.02. The highest BCUT2D eigenvalue weighted by Crippen LogP contribution is 2.10. The molecule has 0 fully saturated rings. The fourth-order valence-electron chi connectivity index (χ4n) is 1.77. The summed E-state index contributed by atoms with van der Waals surface area (Å²) in [7, 11) is 1.75. The standard InChI is InChI=1S/C14H22ClNO/c1-12(16-9-3-4-10-17-2)11-13-5-7-14(15)8-6-13/h5-8,12,16H,3-4,9-11H2,1-2H3. The number of methoxy groups -OCH3 is 1. The molecule has 1 N–H and O–H groups in total. The number of hydrogen-bond donors (Lipinski definition) is 1. The highest BCUT2D eigenvalue weighted by atomic mass is 35.5. The molecule has 0 saturated heterocycles. The molecule has 17 heavy (non-hydrogen) atoms. The zero-order chi connectivity index (χ0) is 12.5. The molecule has 1 atom stereocenters. The maximum atomic E-state index is 5.85. The van der Waals surface area contributed by atoms with Gasteiger partial charge < -0.3 is 10.1 Å². The molecule has 3 heteroatoms. The van der Waals surface area contributed by atoms with Gasteiger partial charge in [-0.25, -0.2) is 0 Å². The molecule has 0 aliphatic heterocycles. The Balaban J connectivity index is 2.16. The van der Waals surface area contributed by atoms with Gasteiger partial charge in [0.15, 0.2) is 0 Å². The monoisotopic (exact) mass is 255 g/mol. The van der Waals surface area contributed by atoms with Gasteiger partial charge in [-0.15, -0.1) is 0 Å². The van der Waals surface area contributed by atoms with Crippen LogP contribution in [0.5, 0.6) is 0 Å². The van der Waals surface area contributed by atoms with Gasteiger partial charge in [-0.2, -0.15) is 0 Å². The van der Waals surface area contributed by atoms with Gasteiger partial charge in [0.05, 0.1) is 0 Å². The lowest BCUT2D eigenvalue weighted by Gasteiger charge is -2.13. The third-order valence-electron chi connectivity index (χ3n) is 2.72. The van der Waals surface area contributed by atoms with Gasteiger partial charge in [-0.3, -0.25) is 0 Å². The van der Waals surface area contributed by atoms with Crippen molar-refractivity contribution in [1.29, 1.82) is 0 Å². The van der Waals surface area contributed by atoms with E-state index in [1.54, 1.807) is 7.11 Å². The van der Waals surface area contributed by atoms with Crippen molar-refractivity contribution in [3.8, 4) is 0 Å². The number of ether oxygens (including phenoxy) is 1. The SMILES string of the molecule is COCCCCNC(C)Cc1ccc(Cl)cc1. The van der Waals surface area contributed by atoms with Gasteiger partial charge in [0.2, 0.25) is 0 Å². The van der Waals surface area contributed by atoms with Crippen molar-refractivity contribution in [2.45, 2.75) is 32.2 Å². The largest absolute Gasteiger partial charge is 0.385 e. The molecule has 0 amide bonds. The Morgan fingerprint density at radius 3 is 2.59 bits per heavy atom. The number of hydrogen-bond acceptors (Lipinski definition) is 2. The van der Waals surface area contributed by atoms with Gasteiger partial charge in [0, 0.05) is 24.8 Å². The van der Waals surface area contributed by atoms with E-state index >= 15 is 0 Å². The van der Waals surface area contributed by atoms with Crippen LogP contribution in [0.15, 0.2) is 24.3 Å². The average Bonchev–Trinajstić information content (AvgIpc) is 2.32. The maximum absolute atomic E-state index is 5.85. The van der Waals surface area contributed by atoms with E-state index in [9.17, 15) is 0 Å². The molecular formula is C14H22ClNO. The quantitative estimate of drug-likeness (QED) is 0.720. The van der Waals surface area contributed by atoms with Crippen molar-refractivity contribution in [2.75, 3.05) is 20.3 Å². The Hall–Kier alpha value is -0.570. The fraction of sp³-hybridized carbons (Fsp3) is 0.571. The molecule has 0 aromatic heterocycles. The molecular weight excluding hydrogens is 234 g/mol. The zero-order valence-electron chi connectivity index (χ0n) is 10.7. The van der Waals surface area contributed by atoms with Crippen LogP contribution in [0.3, 0.4) is 0 Å². The second-order valence-electron chi connectivity index (χ2n) is 4.39. The van der Waals surface area contributed by atoms with Crippen LogP contribution in [-0.4, -0.2) is 26.3 Å². The first kappa shape index (κ1) is 14.5. The van der Waals surface area contributed by atoms with Crippen LogP contribution in [0.4, 0.5) is 0 Å². The first-order valence-corrected chi connectivity index (χ1v) is 6.57. The molecule has 1 aromatic rings. The lowest BCUT2D eigenvalue weighted by atomic mass is 10.1. The smallest absolute Gasteiger partial charge is 0.0462 e. The topological polar surface area (TPSA) is 21.3 Å². The molecule has 0 saturated carbocycles. The summed E-state index contributed by atoms with van der Waals surface area (Å²) in [5.41, 5.74) is 1.33. The van der Waals surface area contributed by atoms with E-state index in [1.165, 1.54) is 12.0 Å². The van der Waals surface area contributed by atoms with Crippen LogP contribution >= 0.6 is 11.6 Å². The van der Waals surface area contributed by atoms with E-state index in [1.807, 2.05) is 12.1 Å². The number of nitrogens with one attached hydrogen (secondary N) is 1. The van der Waals surface area contributed by atoms with Crippen molar-refractivity contribution >= 4 is 11.6 Å². The van der Waals surface area contributed by atoms with Crippen LogP contribution < -0.4 is 5.32 Å². The van der Waals surface area contributed by atoms with E-state index in [4.69, 9.17) is 16.3 Å². The Bertz CT molecular complexity index is 300. The summed E-state index contributed by atoms with van der Waals surface area (Å²) in [6.45, 7) is 4.12. The summed E-state index contributed by atoms with van der Waals surface area (Å²) in [6, 6.07) is 8.57. The molecule has 2 nitrogen and oxygen atoms in total. The second-order valence-corrected chi connectivity index (χ2v) is 4.82. The van der Waals surface area contributed by atoms with Gasteiger partial charge in [-0.05, 0) is 50.4 Å². The predicted molar refractivity (Wildman–Crippen MR) is 73.7 cm³/mol. The molecule has 1 rings (SSSR count). The normalized spacial score (nSPS) is 12.6. The molecule has 0 aliphatic rings. The minimum absolute atomic E-state index is 0.499. The lowest BCUT2D eigenvalue weighted by molar-refractivity contribution is 0.192. The fourth-order valence-corrected chi connectivity index (χ4v) is 1.89. The predicted octanol–water partition coefficient (Wildman–Crippen LogP) is 3.29. The Morgan fingerprint density at radius 1 is 1.24 bits per heavy atom. The summed E-state index contributed by atoms with van der Waals surface area (Å²) in [6.07, 6.45) is 3.33. The molecule has 0 heterocycles. The average molecular weight is 256 g/mol. The summed E-state index contributed by atoms with van der Waals surface area (Å²) in [5, 5.41) is 4.32. The van der Waals surface area contributed by atoms with Gasteiger partial charge >= 0.3 is 0 Å². The van der Waals surface area contributed by atoms with Crippen molar-refractivity contribution < 1.29 is 4.74 Å². The first-order chi connectivity index (χ1) is 8.22. The minimum atomic E-state index is 0.499. The lowest BCUT2D eigenvalue weighted by Crippen LogP contribution is -2.29. The van der Waals surface area contributed by atoms with Crippen LogP contribution in [0.1, 0.15) is 25.3 Å². The third kappa shape index (κ3) is 6.67. The zero-order valence-corrected chi connectivity index (χ0v) is 11.5. The van der Waals surface area contributed by atoms with Crippen molar-refractivity contribution in [3.63, 3.8) is 0 Å². The molecule has 1 aromatic carbocycles. The first-order valence-electron chi connectivity index (χ1n) is 6.19. The Labute approximate surface area is 109 Å². The van der Waals surface area contributed by atoms with E-state index in [-0.39, 0.29) is 0 Å². The van der Waals surface area contributed by atoms with Gasteiger partial charge in [0.1, 0.15) is 0 Å². The van der Waals surface area contributed by atoms with Crippen molar-refractivity contribution in [3.05, 3.63) is 34.9 Å². The second kappa shape index (κ2) is 8.51. The summed E-state index contributed by atoms with van der Waals surface area (Å²) in [4.78, 5) is 0. The minimum Gasteiger partial charge on any atom is -0.385 e. The van der Waals surface area contributed by atoms with Gasteiger partial charge in [0.25, 0.3) is 0 Å². The third-order valence-corrected chi connectivity index (χ3v) is 2.98. The number of unbranched alkanes of at least 4 members (excludes halogenated alkanes) is 1. The van der Waals surface area contributed by atoms with E-state index < -0.39 is 0 Å². The summed E-state index contributed by atoms with van der Waals surface area (Å²) >= 11 is 5.85. The van der Waals surface area contributed by atoms with Gasteiger partial charge in [-0.1, -0.05) is 23.7 Å². The van der Waals surface area contributed by atoms with Crippen LogP contribution in [0.25, 0.3) is 0 Å². The highest BCUT2D eigenvalue weighted by molar-refractivity contribution is 6.30. The number of halogens is 1. The molecule has 0 spiro atoms. The van der Waals surface area contributed by atoms with Crippen LogP contribution in [-0.2, 0) is 11.2 Å². The Morgan fingerprint density at radius 2 is 1.94 bits per heavy atom. The molecule has 1 unspecified atom stereocenters. The number of benzene rings is 1. The molecule has 96 valence electrons. The Kier molecular flexibility index (Phi) is 7.25. The molecule has 0 bridgehead atoms. The van der Waals surface area contributed by atoms with Crippen LogP contribution in [0, 0.1) is 0 Å². The van der Waals surface area contributed by atoms with Crippen LogP contribution in [0.2, 0.25) is 5.02 Å². The summed E-state index contributed by atoms with van der Waals surface area (Å²) in [5.74, 6) is 0. The number of rotatable bonds is 8. The molecule has 0 radical (unpaired) electrons. The maximum Gasteiger partial charge on any atom is 0.0462 e. The van der Waals surface area contributed by atoms with E-state index in [2.05, 4.69) is 24.4 Å². The van der Waals surface area contributed by atoms with E-state index in [0.717, 1.165) is 31.0 Å². The van der Waals surface area contributed by atoms with Crippen molar-refractivity contribution in [1.82, 2.24) is 5.32 Å². The van der Waals surface area contributed by atoms with Crippen molar-refractivity contribution in [2.24, 2.45) is 0 Å². The molecule has 0 aliphatic carbocycles. The highest BCUT2D eigenvalue weighted by Gasteiger charge is 2.02.